The van der Waals surface area contributed by atoms with Gasteiger partial charge in [0.25, 0.3) is 5.91 Å². The van der Waals surface area contributed by atoms with E-state index in [1.807, 2.05) is 25.7 Å². The van der Waals surface area contributed by atoms with Gasteiger partial charge in [-0.2, -0.15) is 0 Å². The molecule has 0 aliphatic carbocycles. The molecule has 3 rings (SSSR count). The van der Waals surface area contributed by atoms with Gasteiger partial charge >= 0.3 is 0 Å². The van der Waals surface area contributed by atoms with Gasteiger partial charge in [0.1, 0.15) is 11.8 Å². The maximum Gasteiger partial charge on any atom is 0.251 e. The predicted octanol–water partition coefficient (Wildman–Crippen LogP) is 1.94. The molecule has 2 aliphatic heterocycles. The molecule has 0 saturated carbocycles. The molecule has 2 saturated heterocycles. The quantitative estimate of drug-likeness (QED) is 0.693. The van der Waals surface area contributed by atoms with Crippen molar-refractivity contribution in [1.82, 2.24) is 15.1 Å². The van der Waals surface area contributed by atoms with Crippen molar-refractivity contribution in [1.29, 1.82) is 0 Å². The molecule has 1 atom stereocenters. The van der Waals surface area contributed by atoms with Crippen molar-refractivity contribution < 1.29 is 23.9 Å². The van der Waals surface area contributed by atoms with Crippen LogP contribution >= 0.6 is 0 Å². The second kappa shape index (κ2) is 11.3. The Morgan fingerprint density at radius 3 is 2.22 bits per heavy atom. The summed E-state index contributed by atoms with van der Waals surface area (Å²) < 4.78 is 10.7. The Morgan fingerprint density at radius 1 is 1.03 bits per heavy atom. The molecule has 1 aromatic carbocycles. The highest BCUT2D eigenvalue weighted by Crippen LogP contribution is 2.22. The van der Waals surface area contributed by atoms with Gasteiger partial charge in [-0.1, -0.05) is 13.8 Å². The van der Waals surface area contributed by atoms with Crippen molar-refractivity contribution in [3.63, 3.8) is 0 Å². The molecule has 2 heterocycles. The number of amides is 3. The van der Waals surface area contributed by atoms with Gasteiger partial charge in [0.15, 0.2) is 0 Å². The van der Waals surface area contributed by atoms with Crippen molar-refractivity contribution in [2.45, 2.75) is 39.7 Å². The minimum atomic E-state index is -0.611. The average Bonchev–Trinajstić information content (AvgIpc) is 2.82. The summed E-state index contributed by atoms with van der Waals surface area (Å²) in [6.07, 6.45) is 1.30. The standard InChI is InChI=1S/C24H35N3O5/c1-4-32-20-7-5-18(6-8-20)22(28)25-21(17(2)3)24(30)26-11-9-19(10-12-26)23(29)27-13-15-31-16-14-27/h5-8,17,19,21H,4,9-16H2,1-3H3,(H,25,28). The van der Waals surface area contributed by atoms with Crippen LogP contribution < -0.4 is 10.1 Å². The van der Waals surface area contributed by atoms with Crippen LogP contribution in [0, 0.1) is 11.8 Å². The van der Waals surface area contributed by atoms with Crippen LogP contribution in [0.15, 0.2) is 24.3 Å². The SMILES string of the molecule is CCOc1ccc(C(=O)NC(C(=O)N2CCC(C(=O)N3CCOCC3)CC2)C(C)C)cc1. The summed E-state index contributed by atoms with van der Waals surface area (Å²) in [6, 6.07) is 6.29. The number of morpholine rings is 1. The first kappa shape index (κ1) is 24.0. The van der Waals surface area contributed by atoms with Crippen LogP contribution in [0.5, 0.6) is 5.75 Å². The van der Waals surface area contributed by atoms with Crippen molar-refractivity contribution in [3.8, 4) is 5.75 Å². The molecule has 176 valence electrons. The molecule has 0 bridgehead atoms. The summed E-state index contributed by atoms with van der Waals surface area (Å²) in [5.74, 6) is 0.406. The van der Waals surface area contributed by atoms with Gasteiger partial charge in [0.05, 0.1) is 19.8 Å². The van der Waals surface area contributed by atoms with Crippen LogP contribution in [0.2, 0.25) is 0 Å². The summed E-state index contributed by atoms with van der Waals surface area (Å²) in [5, 5.41) is 2.91. The molecule has 32 heavy (non-hydrogen) atoms. The lowest BCUT2D eigenvalue weighted by Gasteiger charge is -2.37. The van der Waals surface area contributed by atoms with E-state index >= 15 is 0 Å². The molecule has 1 aromatic rings. The first-order chi connectivity index (χ1) is 15.4. The first-order valence-corrected chi connectivity index (χ1v) is 11.6. The lowest BCUT2D eigenvalue weighted by Crippen LogP contribution is -2.54. The Labute approximate surface area is 190 Å². The lowest BCUT2D eigenvalue weighted by atomic mass is 9.93. The summed E-state index contributed by atoms with van der Waals surface area (Å²) in [4.78, 5) is 42.4. The fraction of sp³-hybridized carbons (Fsp3) is 0.625. The number of likely N-dealkylation sites (tertiary alicyclic amines) is 1. The van der Waals surface area contributed by atoms with Gasteiger partial charge in [-0.15, -0.1) is 0 Å². The molecule has 0 spiro atoms. The van der Waals surface area contributed by atoms with Gasteiger partial charge in [-0.25, -0.2) is 0 Å². The molecule has 2 aliphatic rings. The smallest absolute Gasteiger partial charge is 0.251 e. The van der Waals surface area contributed by atoms with Crippen LogP contribution in [0.4, 0.5) is 0 Å². The maximum atomic E-state index is 13.2. The number of nitrogens with one attached hydrogen (secondary N) is 1. The molecular weight excluding hydrogens is 410 g/mol. The minimum Gasteiger partial charge on any atom is -0.494 e. The third-order valence-electron chi connectivity index (χ3n) is 6.13. The van der Waals surface area contributed by atoms with E-state index in [4.69, 9.17) is 9.47 Å². The van der Waals surface area contributed by atoms with E-state index in [0.29, 0.717) is 70.2 Å². The van der Waals surface area contributed by atoms with E-state index in [1.165, 1.54) is 0 Å². The van der Waals surface area contributed by atoms with Crippen molar-refractivity contribution in [2.75, 3.05) is 46.0 Å². The van der Waals surface area contributed by atoms with Crippen molar-refractivity contribution in [3.05, 3.63) is 29.8 Å². The monoisotopic (exact) mass is 445 g/mol. The third-order valence-corrected chi connectivity index (χ3v) is 6.13. The van der Waals surface area contributed by atoms with Crippen molar-refractivity contribution in [2.24, 2.45) is 11.8 Å². The number of piperidine rings is 1. The highest BCUT2D eigenvalue weighted by Gasteiger charge is 2.34. The largest absolute Gasteiger partial charge is 0.494 e. The number of nitrogens with zero attached hydrogens (tertiary/aromatic N) is 2. The molecule has 1 unspecified atom stereocenters. The van der Waals surface area contributed by atoms with E-state index in [2.05, 4.69) is 5.32 Å². The lowest BCUT2D eigenvalue weighted by molar-refractivity contribution is -0.144. The summed E-state index contributed by atoms with van der Waals surface area (Å²) in [6.45, 7) is 9.84. The van der Waals surface area contributed by atoms with Crippen LogP contribution in [0.3, 0.4) is 0 Å². The minimum absolute atomic E-state index is 0.0481. The number of hydrogen-bond donors (Lipinski definition) is 1. The van der Waals surface area contributed by atoms with Crippen LogP contribution in [0.25, 0.3) is 0 Å². The number of carbonyl (C=O) groups is 3. The Kier molecular flexibility index (Phi) is 8.50. The molecule has 1 N–H and O–H groups in total. The zero-order chi connectivity index (χ0) is 23.1. The zero-order valence-electron chi connectivity index (χ0n) is 19.3. The van der Waals surface area contributed by atoms with Gasteiger partial charge in [0, 0.05) is 37.7 Å². The summed E-state index contributed by atoms with van der Waals surface area (Å²) in [5.41, 5.74) is 0.488. The highest BCUT2D eigenvalue weighted by atomic mass is 16.5. The average molecular weight is 446 g/mol. The normalized spacial score (nSPS) is 18.4. The molecule has 8 heteroatoms. The molecule has 0 aromatic heterocycles. The van der Waals surface area contributed by atoms with Gasteiger partial charge in [-0.05, 0) is 49.9 Å². The predicted molar refractivity (Wildman–Crippen MR) is 120 cm³/mol. The third kappa shape index (κ3) is 6.00. The molecule has 2 fully saturated rings. The van der Waals surface area contributed by atoms with E-state index in [9.17, 15) is 14.4 Å². The topological polar surface area (TPSA) is 88.2 Å². The number of ether oxygens (including phenoxy) is 2. The number of hydrogen-bond acceptors (Lipinski definition) is 5. The van der Waals surface area contributed by atoms with Gasteiger partial charge < -0.3 is 24.6 Å². The number of rotatable bonds is 7. The van der Waals surface area contributed by atoms with Gasteiger partial charge in [-0.3, -0.25) is 14.4 Å². The Bertz CT molecular complexity index is 781. The Balaban J connectivity index is 1.55. The van der Waals surface area contributed by atoms with Crippen LogP contribution in [0.1, 0.15) is 44.0 Å². The fourth-order valence-electron chi connectivity index (χ4n) is 4.19. The Morgan fingerprint density at radius 2 is 1.66 bits per heavy atom. The Hall–Kier alpha value is -2.61. The summed E-state index contributed by atoms with van der Waals surface area (Å²) >= 11 is 0. The van der Waals surface area contributed by atoms with E-state index in [-0.39, 0.29) is 29.6 Å². The first-order valence-electron chi connectivity index (χ1n) is 11.6. The highest BCUT2D eigenvalue weighted by molar-refractivity contribution is 5.97. The van der Waals surface area contributed by atoms with Crippen molar-refractivity contribution >= 4 is 17.7 Å². The van der Waals surface area contributed by atoms with E-state index < -0.39 is 6.04 Å². The van der Waals surface area contributed by atoms with Crippen LogP contribution in [-0.4, -0.2) is 79.6 Å². The van der Waals surface area contributed by atoms with E-state index in [1.54, 1.807) is 29.2 Å². The van der Waals surface area contributed by atoms with Crippen LogP contribution in [-0.2, 0) is 14.3 Å². The summed E-state index contributed by atoms with van der Waals surface area (Å²) in [7, 11) is 0. The maximum absolute atomic E-state index is 13.2. The fourth-order valence-corrected chi connectivity index (χ4v) is 4.19. The molecule has 3 amide bonds. The molecule has 0 radical (unpaired) electrons. The number of carbonyl (C=O) groups excluding carboxylic acids is 3. The second-order valence-corrected chi connectivity index (χ2v) is 8.69. The zero-order valence-corrected chi connectivity index (χ0v) is 19.3. The second-order valence-electron chi connectivity index (χ2n) is 8.69. The molecular formula is C24H35N3O5. The van der Waals surface area contributed by atoms with Gasteiger partial charge in [0.2, 0.25) is 11.8 Å². The number of benzene rings is 1. The molecule has 8 nitrogen and oxygen atoms in total. The van der Waals surface area contributed by atoms with E-state index in [0.717, 1.165) is 0 Å².